The van der Waals surface area contributed by atoms with E-state index < -0.39 is 6.29 Å². The number of rotatable bonds is 5. The molecular formula is C27H29F2N5O3. The summed E-state index contributed by atoms with van der Waals surface area (Å²) in [6.07, 6.45) is -1.97. The highest BCUT2D eigenvalue weighted by Gasteiger charge is 2.44. The zero-order valence-electron chi connectivity index (χ0n) is 21.2. The van der Waals surface area contributed by atoms with Gasteiger partial charge in [-0.2, -0.15) is 0 Å². The summed E-state index contributed by atoms with van der Waals surface area (Å²) in [7, 11) is 1.71. The van der Waals surface area contributed by atoms with Gasteiger partial charge >= 0.3 is 6.29 Å². The molecule has 194 valence electrons. The molecule has 2 aliphatic heterocycles. The molecule has 8 nitrogen and oxygen atoms in total. The molecule has 0 aliphatic carbocycles. The molecule has 10 heteroatoms. The minimum Gasteiger partial charge on any atom is -0.395 e. The molecule has 4 heterocycles. The summed E-state index contributed by atoms with van der Waals surface area (Å²) in [5, 5.41) is 0. The molecule has 3 aromatic rings. The largest absolute Gasteiger partial charge is 0.586 e. The van der Waals surface area contributed by atoms with Gasteiger partial charge in [0.1, 0.15) is 0 Å². The predicted octanol–water partition coefficient (Wildman–Crippen LogP) is 5.25. The normalized spacial score (nSPS) is 21.7. The molecular weight excluding hydrogens is 480 g/mol. The second kappa shape index (κ2) is 9.30. The summed E-state index contributed by atoms with van der Waals surface area (Å²) < 4.78 is 37.9. The third-order valence-corrected chi connectivity index (χ3v) is 7.56. The zero-order valence-corrected chi connectivity index (χ0v) is 21.2. The van der Waals surface area contributed by atoms with E-state index in [1.165, 1.54) is 6.07 Å². The van der Waals surface area contributed by atoms with Gasteiger partial charge in [0.05, 0.1) is 11.2 Å². The molecule has 2 aromatic heterocycles. The predicted molar refractivity (Wildman–Crippen MR) is 137 cm³/mol. The number of benzene rings is 1. The maximum absolute atomic E-state index is 13.5. The molecule has 3 atom stereocenters. The number of pyridine rings is 2. The van der Waals surface area contributed by atoms with E-state index in [0.717, 1.165) is 24.1 Å². The second-order valence-electron chi connectivity index (χ2n) is 9.60. The lowest BCUT2D eigenvalue weighted by Gasteiger charge is -2.49. The summed E-state index contributed by atoms with van der Waals surface area (Å²) in [6.45, 7) is 15.1. The molecule has 0 bridgehead atoms. The molecule has 1 fully saturated rings. The van der Waals surface area contributed by atoms with Crippen LogP contribution in [0, 0.1) is 6.57 Å². The van der Waals surface area contributed by atoms with E-state index in [1.807, 2.05) is 0 Å². The molecule has 0 N–H and O–H groups in total. The van der Waals surface area contributed by atoms with Crippen molar-refractivity contribution in [1.82, 2.24) is 14.5 Å². The Morgan fingerprint density at radius 3 is 2.54 bits per heavy atom. The third-order valence-electron chi connectivity index (χ3n) is 7.56. The quantitative estimate of drug-likeness (QED) is 0.438. The number of nitrogens with zero attached hydrogens (tertiary/aromatic N) is 5. The molecule has 0 radical (unpaired) electrons. The van der Waals surface area contributed by atoms with E-state index in [4.69, 9.17) is 6.57 Å². The SMILES string of the molecule is [C-]#[N+]c1ccc2c(n1)c(N1C[C@@H](CC)N(C(C)c3ccc4c(c3)OC(F)(F)O4)C[C@@H]1CC)cc(=O)n2C. The maximum Gasteiger partial charge on any atom is 0.586 e. The third kappa shape index (κ3) is 4.37. The summed E-state index contributed by atoms with van der Waals surface area (Å²) in [4.78, 5) is 25.6. The average Bonchev–Trinajstić information content (AvgIpc) is 3.22. The van der Waals surface area contributed by atoms with Gasteiger partial charge in [0.15, 0.2) is 11.5 Å². The lowest BCUT2D eigenvalue weighted by molar-refractivity contribution is -0.286. The van der Waals surface area contributed by atoms with Crippen molar-refractivity contribution in [3.63, 3.8) is 0 Å². The van der Waals surface area contributed by atoms with E-state index in [9.17, 15) is 13.6 Å². The summed E-state index contributed by atoms with van der Waals surface area (Å²) in [5.41, 5.74) is 2.80. The first-order chi connectivity index (χ1) is 17.7. The van der Waals surface area contributed by atoms with E-state index in [1.54, 1.807) is 41.9 Å². The lowest BCUT2D eigenvalue weighted by atomic mass is 9.96. The number of alkyl halides is 2. The van der Waals surface area contributed by atoms with Crippen LogP contribution in [0.4, 0.5) is 20.3 Å². The minimum atomic E-state index is -3.65. The fourth-order valence-electron chi connectivity index (χ4n) is 5.45. The van der Waals surface area contributed by atoms with Crippen LogP contribution in [0.5, 0.6) is 11.5 Å². The Labute approximate surface area is 213 Å². The second-order valence-corrected chi connectivity index (χ2v) is 9.60. The van der Waals surface area contributed by atoms with E-state index in [-0.39, 0.29) is 41.0 Å². The van der Waals surface area contributed by atoms with Crippen molar-refractivity contribution < 1.29 is 18.3 Å². The lowest BCUT2D eigenvalue weighted by Crippen LogP contribution is -2.58. The first kappa shape index (κ1) is 25.0. The van der Waals surface area contributed by atoms with Gasteiger partial charge in [-0.05, 0) is 49.6 Å². The van der Waals surface area contributed by atoms with Gasteiger partial charge in [-0.15, -0.1) is 13.8 Å². The molecule has 0 amide bonds. The molecule has 1 unspecified atom stereocenters. The topological polar surface area (TPSA) is 64.2 Å². The van der Waals surface area contributed by atoms with Crippen molar-refractivity contribution in [3.05, 3.63) is 63.7 Å². The Morgan fingerprint density at radius 2 is 1.84 bits per heavy atom. The standard InChI is InChI=1S/C27H29F2N5O3/c1-6-18-15-34(21-13-25(35)32(5)20-9-11-24(30-4)31-26(20)21)19(7-2)14-33(18)16(3)17-8-10-22-23(12-17)37-27(28,29)36-22/h8-13,16,18-19H,6-7,14-15H2,1-3,5H3/t16?,18-,19+/m1/s1. The Kier molecular flexibility index (Phi) is 6.28. The van der Waals surface area contributed by atoms with E-state index in [0.29, 0.717) is 24.1 Å². The number of fused-ring (bicyclic) bond motifs is 2. The average molecular weight is 510 g/mol. The fourth-order valence-corrected chi connectivity index (χ4v) is 5.45. The van der Waals surface area contributed by atoms with Crippen LogP contribution in [0.2, 0.25) is 0 Å². The van der Waals surface area contributed by atoms with Crippen molar-refractivity contribution in [3.8, 4) is 11.5 Å². The maximum atomic E-state index is 13.5. The molecule has 1 saturated heterocycles. The van der Waals surface area contributed by atoms with Crippen LogP contribution in [0.3, 0.4) is 0 Å². The zero-order chi connectivity index (χ0) is 26.5. The van der Waals surface area contributed by atoms with Crippen molar-refractivity contribution >= 4 is 22.5 Å². The molecule has 0 spiro atoms. The van der Waals surface area contributed by atoms with Gasteiger partial charge in [0, 0.05) is 44.3 Å². The monoisotopic (exact) mass is 509 g/mol. The van der Waals surface area contributed by atoms with Gasteiger partial charge in [0.25, 0.3) is 11.4 Å². The van der Waals surface area contributed by atoms with Crippen molar-refractivity contribution in [1.29, 1.82) is 0 Å². The Bertz CT molecular complexity index is 1450. The van der Waals surface area contributed by atoms with Gasteiger partial charge in [-0.3, -0.25) is 9.69 Å². The first-order valence-corrected chi connectivity index (χ1v) is 12.5. The Balaban J connectivity index is 1.50. The van der Waals surface area contributed by atoms with Crippen LogP contribution in [-0.4, -0.2) is 45.9 Å². The van der Waals surface area contributed by atoms with Gasteiger partial charge in [0.2, 0.25) is 5.52 Å². The van der Waals surface area contributed by atoms with Gasteiger partial charge in [-0.25, -0.2) is 0 Å². The molecule has 37 heavy (non-hydrogen) atoms. The number of halogens is 2. The van der Waals surface area contributed by atoms with Crippen molar-refractivity contribution in [2.75, 3.05) is 18.0 Å². The Morgan fingerprint density at radius 1 is 1.11 bits per heavy atom. The smallest absolute Gasteiger partial charge is 0.395 e. The molecule has 0 saturated carbocycles. The van der Waals surface area contributed by atoms with Crippen LogP contribution in [0.25, 0.3) is 15.9 Å². The number of hydrogen-bond donors (Lipinski definition) is 0. The molecule has 1 aromatic carbocycles. The van der Waals surface area contributed by atoms with Gasteiger partial charge in [-0.1, -0.05) is 26.5 Å². The van der Waals surface area contributed by atoms with Crippen LogP contribution in [0.15, 0.2) is 41.2 Å². The summed E-state index contributed by atoms with van der Waals surface area (Å²) >= 11 is 0. The number of aromatic nitrogens is 2. The first-order valence-electron chi connectivity index (χ1n) is 12.5. The molecule has 5 rings (SSSR count). The summed E-state index contributed by atoms with van der Waals surface area (Å²) in [5.74, 6) is 0.363. The highest BCUT2D eigenvalue weighted by atomic mass is 19.3. The van der Waals surface area contributed by atoms with Gasteiger partial charge < -0.3 is 23.8 Å². The number of aryl methyl sites for hydroxylation is 1. The number of anilines is 1. The van der Waals surface area contributed by atoms with Crippen molar-refractivity contribution in [2.24, 2.45) is 7.05 Å². The highest BCUT2D eigenvalue weighted by Crippen LogP contribution is 2.43. The van der Waals surface area contributed by atoms with Crippen LogP contribution >= 0.6 is 0 Å². The van der Waals surface area contributed by atoms with Crippen LogP contribution in [-0.2, 0) is 7.05 Å². The summed E-state index contributed by atoms with van der Waals surface area (Å²) in [6, 6.07) is 10.1. The van der Waals surface area contributed by atoms with Crippen LogP contribution < -0.4 is 19.9 Å². The van der Waals surface area contributed by atoms with Crippen molar-refractivity contribution in [2.45, 2.75) is 58.0 Å². The van der Waals surface area contributed by atoms with E-state index in [2.05, 4.69) is 49.9 Å². The number of ether oxygens (including phenoxy) is 2. The minimum absolute atomic E-state index is 0.0352. The highest BCUT2D eigenvalue weighted by molar-refractivity contribution is 5.89. The van der Waals surface area contributed by atoms with Crippen LogP contribution in [0.1, 0.15) is 45.2 Å². The Hall–Kier alpha value is -3.71. The number of piperazine rings is 1. The van der Waals surface area contributed by atoms with E-state index >= 15 is 0 Å². The number of hydrogen-bond acceptors (Lipinski definition) is 6. The molecule has 2 aliphatic rings. The fraction of sp³-hybridized carbons (Fsp3) is 0.444.